The minimum atomic E-state index is 0. The number of rotatable bonds is 0. The van der Waals surface area contributed by atoms with Crippen molar-refractivity contribution < 1.29 is 17.1 Å². The first-order valence-electron chi connectivity index (χ1n) is 0.167. The summed E-state index contributed by atoms with van der Waals surface area (Å²) in [5.74, 6) is 0. The summed E-state index contributed by atoms with van der Waals surface area (Å²) in [4.78, 5) is 0. The second-order valence-electron chi connectivity index (χ2n) is 0. The van der Waals surface area contributed by atoms with Crippen LogP contribution in [0.15, 0.2) is 0 Å². The zero-order valence-corrected chi connectivity index (χ0v) is 4.59. The Balaban J connectivity index is -0.00000000167. The SMILES string of the molecule is S=[Se].[AlH3].[Cu].[InH3]. The monoisotopic (exact) mass is 323 g/mol. The van der Waals surface area contributed by atoms with Crippen LogP contribution >= 0.6 is 10.6 Å². The van der Waals surface area contributed by atoms with Gasteiger partial charge in [-0.2, -0.15) is 0 Å². The van der Waals surface area contributed by atoms with E-state index in [4.69, 9.17) is 0 Å². The molecule has 0 amide bonds. The predicted octanol–water partition coefficient (Wildman–Crippen LogP) is -2.10. The Morgan fingerprint density at radius 3 is 1.20 bits per heavy atom. The third-order valence-corrected chi connectivity index (χ3v) is 0. The van der Waals surface area contributed by atoms with Crippen LogP contribution < -0.4 is 0 Å². The van der Waals surface area contributed by atoms with Gasteiger partial charge in [0.1, 0.15) is 0 Å². The van der Waals surface area contributed by atoms with Gasteiger partial charge >= 0.3 is 50.8 Å². The topological polar surface area (TPSA) is 0 Å². The van der Waals surface area contributed by atoms with E-state index in [9.17, 15) is 0 Å². The third-order valence-electron chi connectivity index (χ3n) is 0. The molecule has 0 N–H and O–H groups in total. The molecule has 0 aromatic carbocycles. The second kappa shape index (κ2) is 30.1. The molecule has 0 aliphatic rings. The first-order chi connectivity index (χ1) is 1.00. The molecule has 1 radical (unpaired) electrons. The van der Waals surface area contributed by atoms with Crippen molar-refractivity contribution in [3.8, 4) is 0 Å². The Kier molecular flexibility index (Phi) is 153. The van der Waals surface area contributed by atoms with Gasteiger partial charge in [0, 0.05) is 17.1 Å². The van der Waals surface area contributed by atoms with Crippen LogP contribution in [0, 0.1) is 0 Å². The average Bonchev–Trinajstić information content (AvgIpc) is 1.00. The standard InChI is InChI=1S/Al.Cu.In.SSe.6H/c;;;1-2;;;;;;. The Morgan fingerprint density at radius 2 is 1.20 bits per heavy atom. The van der Waals surface area contributed by atoms with Crippen molar-refractivity contribution in [2.75, 3.05) is 0 Å². The molecule has 0 heterocycles. The van der Waals surface area contributed by atoms with Crippen LogP contribution in [-0.4, -0.2) is 57.6 Å². The summed E-state index contributed by atoms with van der Waals surface area (Å²) in [6, 6.07) is 0. The quantitative estimate of drug-likeness (QED) is 0.461. The first kappa shape index (κ1) is 25.4. The van der Waals surface area contributed by atoms with Gasteiger partial charge in [-0.25, -0.2) is 0 Å². The molecule has 0 bridgehead atoms. The summed E-state index contributed by atoms with van der Waals surface area (Å²) < 4.78 is 0. The number of hydrogen-bond donors (Lipinski definition) is 0. The molecule has 0 saturated carbocycles. The molecule has 5 heavy (non-hydrogen) atoms. The van der Waals surface area contributed by atoms with E-state index in [1.54, 1.807) is 0 Å². The van der Waals surface area contributed by atoms with E-state index >= 15 is 0 Å². The summed E-state index contributed by atoms with van der Waals surface area (Å²) in [6.45, 7) is 0. The zero-order chi connectivity index (χ0) is 2.00. The van der Waals surface area contributed by atoms with Crippen LogP contribution in [0.4, 0.5) is 0 Å². The third kappa shape index (κ3) is 20.4. The van der Waals surface area contributed by atoms with E-state index in [1.807, 2.05) is 0 Å². The molecule has 5 heteroatoms. The van der Waals surface area contributed by atoms with Crippen LogP contribution in [0.25, 0.3) is 0 Å². The van der Waals surface area contributed by atoms with Crippen molar-refractivity contribution in [2.45, 2.75) is 0 Å². The fourth-order valence-electron chi connectivity index (χ4n) is 0. The van der Waals surface area contributed by atoms with Crippen LogP contribution in [0.3, 0.4) is 0 Å². The fourth-order valence-corrected chi connectivity index (χ4v) is 0. The van der Waals surface area contributed by atoms with Crippen molar-refractivity contribution >= 4 is 68.1 Å². The number of hydrogen-bond acceptors (Lipinski definition) is 1. The van der Waals surface area contributed by atoms with Crippen molar-refractivity contribution in [3.05, 3.63) is 0 Å². The maximum absolute atomic E-state index is 3.96. The Labute approximate surface area is 83.9 Å². The van der Waals surface area contributed by atoms with Crippen molar-refractivity contribution in [3.63, 3.8) is 0 Å². The molecule has 0 saturated heterocycles. The van der Waals surface area contributed by atoms with Crippen molar-refractivity contribution in [1.29, 1.82) is 0 Å². The Bertz CT molecular complexity index is 11.6. The van der Waals surface area contributed by atoms with E-state index in [1.165, 1.54) is 0 Å². The molecule has 0 spiro atoms. The molecule has 0 fully saturated rings. The molecule has 0 aromatic heterocycles. The summed E-state index contributed by atoms with van der Waals surface area (Å²) in [6.07, 6.45) is 0. The normalized spacial score (nSPS) is 0.800. The molecule has 0 nitrogen and oxygen atoms in total. The maximum atomic E-state index is 3.96. The first-order valence-corrected chi connectivity index (χ1v) is 2.60. The van der Waals surface area contributed by atoms with Gasteiger partial charge in [0.15, 0.2) is 17.4 Å². The van der Waals surface area contributed by atoms with Gasteiger partial charge in [-0.15, -0.1) is 0 Å². The summed E-state index contributed by atoms with van der Waals surface area (Å²) in [5, 5.41) is 0. The van der Waals surface area contributed by atoms with Gasteiger partial charge in [-0.3, -0.25) is 0 Å². The van der Waals surface area contributed by atoms with E-state index in [2.05, 4.69) is 24.9 Å². The van der Waals surface area contributed by atoms with Gasteiger partial charge in [0.2, 0.25) is 0 Å². The molecule has 0 aromatic rings. The van der Waals surface area contributed by atoms with E-state index in [0.717, 1.165) is 0 Å². The van der Waals surface area contributed by atoms with Gasteiger partial charge in [-0.1, -0.05) is 0 Å². The molecule has 0 atom stereocenters. The van der Waals surface area contributed by atoms with Crippen LogP contribution in [-0.2, 0) is 17.1 Å². The van der Waals surface area contributed by atoms with E-state index in [0.29, 0.717) is 0 Å². The minimum absolute atomic E-state index is 0. The van der Waals surface area contributed by atoms with Crippen LogP contribution in [0.2, 0.25) is 0 Å². The van der Waals surface area contributed by atoms with Crippen molar-refractivity contribution in [2.24, 2.45) is 0 Å². The van der Waals surface area contributed by atoms with E-state index in [-0.39, 0.29) is 60.3 Å². The zero-order valence-electron chi connectivity index (χ0n) is 1.12. The molecule has 0 aliphatic carbocycles. The fraction of sp³-hybridized carbons (Fsp3) is 0. The van der Waals surface area contributed by atoms with Gasteiger partial charge in [-0.05, 0) is 0 Å². The Hall–Kier alpha value is 2.66. The van der Waals surface area contributed by atoms with E-state index < -0.39 is 0 Å². The molecular weight excluding hydrogens is 316 g/mol. The molecule has 0 unspecified atom stereocenters. The molecule has 0 rings (SSSR count). The van der Waals surface area contributed by atoms with Crippen molar-refractivity contribution in [1.82, 2.24) is 0 Å². The van der Waals surface area contributed by atoms with Crippen LogP contribution in [0.1, 0.15) is 0 Å². The average molecular weight is 322 g/mol. The molecule has 0 aliphatic heterocycles. The van der Waals surface area contributed by atoms with Gasteiger partial charge in [0.25, 0.3) is 0 Å². The molecular formula is H6AlCuInSSe. The summed E-state index contributed by atoms with van der Waals surface area (Å²) >= 11 is 2.21. The Morgan fingerprint density at radius 1 is 1.20 bits per heavy atom. The summed E-state index contributed by atoms with van der Waals surface area (Å²) in [7, 11) is 3.96. The van der Waals surface area contributed by atoms with Crippen LogP contribution in [0.5, 0.6) is 0 Å². The van der Waals surface area contributed by atoms with Gasteiger partial charge < -0.3 is 0 Å². The second-order valence-corrected chi connectivity index (χ2v) is 0. The van der Waals surface area contributed by atoms with Gasteiger partial charge in [0.05, 0.1) is 0 Å². The molecule has 35 valence electrons. The predicted molar refractivity (Wildman–Crippen MR) is 33.2 cm³/mol. The summed E-state index contributed by atoms with van der Waals surface area (Å²) in [5.41, 5.74) is 0.